The van der Waals surface area contributed by atoms with E-state index in [1.54, 1.807) is 48.5 Å². The van der Waals surface area contributed by atoms with Crippen LogP contribution in [0.2, 0.25) is 10.0 Å². The average molecular weight is 604 g/mol. The highest BCUT2D eigenvalue weighted by Gasteiger charge is 2.11. The Morgan fingerprint density at radius 2 is 0.925 bits per heavy atom. The van der Waals surface area contributed by atoms with Crippen molar-refractivity contribution in [1.29, 1.82) is 0 Å². The number of hydrogen-bond donors (Lipinski definition) is 2. The maximum atomic E-state index is 12.0. The van der Waals surface area contributed by atoms with Gasteiger partial charge in [-0.15, -0.1) is 0 Å². The fourth-order valence-corrected chi connectivity index (χ4v) is 3.23. The van der Waals surface area contributed by atoms with Crippen molar-refractivity contribution < 1.29 is 29.5 Å². The Morgan fingerprint density at radius 3 is 1.25 bits per heavy atom. The quantitative estimate of drug-likeness (QED) is 0.0964. The Morgan fingerprint density at radius 1 is 0.600 bits per heavy atom. The summed E-state index contributed by atoms with van der Waals surface area (Å²) in [5.41, 5.74) is 1.50. The zero-order chi connectivity index (χ0) is 29.8. The van der Waals surface area contributed by atoms with Crippen molar-refractivity contribution in [2.45, 2.75) is 0 Å². The molecule has 0 spiro atoms. The summed E-state index contributed by atoms with van der Waals surface area (Å²) in [5.74, 6) is -0.193. The van der Waals surface area contributed by atoms with Crippen molar-refractivity contribution in [1.82, 2.24) is 0 Å². The summed E-state index contributed by atoms with van der Waals surface area (Å²) < 4.78 is 0. The molecule has 204 valence electrons. The van der Waals surface area contributed by atoms with Crippen LogP contribution >= 0.6 is 34.8 Å². The molecule has 4 aromatic carbocycles. The molecule has 0 atom stereocenters. The van der Waals surface area contributed by atoms with Crippen molar-refractivity contribution in [2.24, 2.45) is 0 Å². The fourth-order valence-electron chi connectivity index (χ4n) is 2.85. The third-order valence-corrected chi connectivity index (χ3v) is 5.64. The molecule has 0 aromatic heterocycles. The molecule has 0 aliphatic carbocycles. The maximum absolute atomic E-state index is 12.0. The molecule has 0 fully saturated rings. The van der Waals surface area contributed by atoms with Crippen LogP contribution in [0.15, 0.2) is 97.1 Å². The lowest BCUT2D eigenvalue weighted by molar-refractivity contribution is -0.385. The third-order valence-electron chi connectivity index (χ3n) is 4.92. The van der Waals surface area contributed by atoms with Crippen LogP contribution in [-0.4, -0.2) is 38.0 Å². The number of non-ortho nitro benzene ring substituents is 2. The van der Waals surface area contributed by atoms with Gasteiger partial charge in [0.25, 0.3) is 16.6 Å². The van der Waals surface area contributed by atoms with Crippen molar-refractivity contribution >= 4 is 69.8 Å². The highest BCUT2D eigenvalue weighted by atomic mass is 35.5. The second kappa shape index (κ2) is 15.5. The molecule has 14 heteroatoms. The first-order valence-electron chi connectivity index (χ1n) is 11.0. The highest BCUT2D eigenvalue weighted by Crippen LogP contribution is 2.17. The van der Waals surface area contributed by atoms with Gasteiger partial charge in [-0.2, -0.15) is 0 Å². The van der Waals surface area contributed by atoms with Gasteiger partial charge in [0.05, 0.1) is 9.85 Å². The monoisotopic (exact) mass is 602 g/mol. The number of nitrogens with zero attached hydrogens (tertiary/aromatic N) is 2. The standard InChI is InChI=1S/C13H8ClNO3.C7H4ClNO3.C6H6BClO2/c14-11-5-1-9(2-6-11)13(16)10-3-7-12(8-4-10)15(17)18;8-7(10)5-1-3-6(4-2-5)9(11)12;8-6-3-1-5(2-4-6)7(9)10/h1-8H;1-4H;1-4,9-10H. The summed E-state index contributed by atoms with van der Waals surface area (Å²) in [6.07, 6.45) is 0. The maximum Gasteiger partial charge on any atom is 0.488 e. The van der Waals surface area contributed by atoms with Gasteiger partial charge in [0.2, 0.25) is 0 Å². The number of rotatable bonds is 6. The molecule has 0 heterocycles. The molecule has 0 bridgehead atoms. The summed E-state index contributed by atoms with van der Waals surface area (Å²) in [6.45, 7) is 0. The minimum atomic E-state index is -1.41. The predicted molar refractivity (Wildman–Crippen MR) is 153 cm³/mol. The Labute approximate surface area is 242 Å². The topological polar surface area (TPSA) is 161 Å². The van der Waals surface area contributed by atoms with Crippen LogP contribution < -0.4 is 5.46 Å². The first kappa shape index (κ1) is 32.1. The van der Waals surface area contributed by atoms with E-state index in [4.69, 9.17) is 44.9 Å². The van der Waals surface area contributed by atoms with Gasteiger partial charge in [0.1, 0.15) is 0 Å². The van der Waals surface area contributed by atoms with E-state index >= 15 is 0 Å². The van der Waals surface area contributed by atoms with Crippen LogP contribution in [-0.2, 0) is 0 Å². The predicted octanol–water partition coefficient (Wildman–Crippen LogP) is 5.47. The lowest BCUT2D eigenvalue weighted by Gasteiger charge is -2.01. The highest BCUT2D eigenvalue weighted by molar-refractivity contribution is 6.67. The van der Waals surface area contributed by atoms with E-state index in [-0.39, 0.29) is 22.7 Å². The van der Waals surface area contributed by atoms with Crippen molar-refractivity contribution in [3.8, 4) is 0 Å². The van der Waals surface area contributed by atoms with E-state index in [1.165, 1.54) is 48.5 Å². The molecular weight excluding hydrogens is 585 g/mol. The normalized spacial score (nSPS) is 9.72. The number of benzene rings is 4. The Bertz CT molecular complexity index is 1430. The molecule has 40 heavy (non-hydrogen) atoms. The van der Waals surface area contributed by atoms with Crippen LogP contribution in [0.4, 0.5) is 11.4 Å². The molecule has 10 nitrogen and oxygen atoms in total. The minimum Gasteiger partial charge on any atom is -0.423 e. The van der Waals surface area contributed by atoms with Gasteiger partial charge in [0.15, 0.2) is 5.78 Å². The smallest absolute Gasteiger partial charge is 0.423 e. The summed E-state index contributed by atoms with van der Waals surface area (Å²) in [5, 5.41) is 38.4. The minimum absolute atomic E-state index is 0.0392. The molecule has 0 amide bonds. The second-order valence-electron chi connectivity index (χ2n) is 7.64. The summed E-state index contributed by atoms with van der Waals surface area (Å²) >= 11 is 16.4. The van der Waals surface area contributed by atoms with Crippen LogP contribution in [0.5, 0.6) is 0 Å². The van der Waals surface area contributed by atoms with E-state index in [9.17, 15) is 29.8 Å². The molecule has 0 saturated heterocycles. The summed E-state index contributed by atoms with van der Waals surface area (Å²) in [7, 11) is -1.41. The van der Waals surface area contributed by atoms with Crippen LogP contribution in [0.3, 0.4) is 0 Å². The van der Waals surface area contributed by atoms with Crippen molar-refractivity contribution in [3.05, 3.63) is 144 Å². The summed E-state index contributed by atoms with van der Waals surface area (Å²) in [4.78, 5) is 42.2. The number of carbonyl (C=O) groups excluding carboxylic acids is 2. The van der Waals surface area contributed by atoms with Gasteiger partial charge in [-0.3, -0.25) is 29.8 Å². The second-order valence-corrected chi connectivity index (χ2v) is 8.86. The van der Waals surface area contributed by atoms with Crippen molar-refractivity contribution in [2.75, 3.05) is 0 Å². The largest absolute Gasteiger partial charge is 0.488 e. The molecule has 2 N–H and O–H groups in total. The Hall–Kier alpha value is -4.13. The first-order chi connectivity index (χ1) is 18.9. The number of ketones is 1. The van der Waals surface area contributed by atoms with Gasteiger partial charge in [0, 0.05) is 51.0 Å². The van der Waals surface area contributed by atoms with E-state index in [1.807, 2.05) is 0 Å². The number of hydrogen-bond acceptors (Lipinski definition) is 8. The number of halogens is 3. The SMILES string of the molecule is O=C(Cl)c1ccc([N+](=O)[O-])cc1.O=C(c1ccc(Cl)cc1)c1ccc([N+](=O)[O-])cc1.OB(O)c1ccc(Cl)cc1. The lowest BCUT2D eigenvalue weighted by Crippen LogP contribution is -2.29. The number of nitro benzene ring substituents is 2. The molecule has 0 radical (unpaired) electrons. The molecule has 0 aliphatic rings. The van der Waals surface area contributed by atoms with Gasteiger partial charge in [-0.05, 0) is 77.7 Å². The van der Waals surface area contributed by atoms with E-state index in [0.717, 1.165) is 0 Å². The van der Waals surface area contributed by atoms with Gasteiger partial charge >= 0.3 is 7.12 Å². The molecular formula is C26H18BCl3N2O8. The van der Waals surface area contributed by atoms with Crippen LogP contribution in [0.1, 0.15) is 26.3 Å². The zero-order valence-electron chi connectivity index (χ0n) is 20.2. The lowest BCUT2D eigenvalue weighted by atomic mass is 9.81. The Kier molecular flexibility index (Phi) is 12.4. The van der Waals surface area contributed by atoms with Gasteiger partial charge in [-0.1, -0.05) is 35.3 Å². The Balaban J connectivity index is 0.000000222. The average Bonchev–Trinajstić information content (AvgIpc) is 2.94. The molecule has 4 rings (SSSR count). The summed E-state index contributed by atoms with van der Waals surface area (Å²) in [6, 6.07) is 23.4. The van der Waals surface area contributed by atoms with E-state index in [2.05, 4.69) is 0 Å². The van der Waals surface area contributed by atoms with Gasteiger partial charge < -0.3 is 10.0 Å². The van der Waals surface area contributed by atoms with Gasteiger partial charge in [-0.25, -0.2) is 0 Å². The first-order valence-corrected chi connectivity index (χ1v) is 12.1. The van der Waals surface area contributed by atoms with Crippen LogP contribution in [0.25, 0.3) is 0 Å². The van der Waals surface area contributed by atoms with E-state index < -0.39 is 22.2 Å². The number of nitro groups is 2. The molecule has 0 unspecified atom stereocenters. The number of carbonyl (C=O) groups is 2. The zero-order valence-corrected chi connectivity index (χ0v) is 22.5. The molecule has 0 saturated carbocycles. The molecule has 0 aliphatic heterocycles. The van der Waals surface area contributed by atoms with Crippen LogP contribution in [0, 0.1) is 20.2 Å². The molecule has 4 aromatic rings. The third kappa shape index (κ3) is 10.2. The van der Waals surface area contributed by atoms with E-state index in [0.29, 0.717) is 26.6 Å². The van der Waals surface area contributed by atoms with Crippen molar-refractivity contribution in [3.63, 3.8) is 0 Å². The fraction of sp³-hybridized carbons (Fsp3) is 0.